The first-order chi connectivity index (χ1) is 27.8. The maximum absolute atomic E-state index is 15.5. The zero-order valence-electron chi connectivity index (χ0n) is 29.9. The minimum atomic E-state index is -5.51. The lowest BCUT2D eigenvalue weighted by Crippen LogP contribution is -2.46. The van der Waals surface area contributed by atoms with Gasteiger partial charge in [-0.2, -0.15) is 26.3 Å². The molecule has 3 atom stereocenters. The number of fused-ring (bicyclic) bond motifs is 3. The molecule has 0 fully saturated rings. The molecule has 7 rings (SSSR count). The first kappa shape index (κ1) is 44.4. The van der Waals surface area contributed by atoms with Gasteiger partial charge in [0.05, 0.1) is 0 Å². The van der Waals surface area contributed by atoms with Gasteiger partial charge in [-0.15, -0.1) is 0 Å². The number of aromatic amines is 1. The molecular formula is C37H20BF18NO3. The number of hydrogen-bond donors (Lipinski definition) is 1. The molecule has 0 spiro atoms. The molecule has 4 nitrogen and oxygen atoms in total. The molecule has 3 aliphatic rings. The molecule has 3 aromatic carbocycles. The fourth-order valence-electron chi connectivity index (χ4n) is 6.71. The third-order valence-electron chi connectivity index (χ3n) is 9.64. The largest absolute Gasteiger partial charge is 0.641 e. The lowest BCUT2D eigenvalue weighted by atomic mass is 9.84. The summed E-state index contributed by atoms with van der Waals surface area (Å²) in [6.45, 7) is 1.56. The highest BCUT2D eigenvalue weighted by Crippen LogP contribution is 2.57. The summed E-state index contributed by atoms with van der Waals surface area (Å²) in [4.78, 5) is 2.86. The molecule has 0 radical (unpaired) electrons. The molecule has 60 heavy (non-hydrogen) atoms. The Morgan fingerprint density at radius 3 is 0.917 bits per heavy atom. The van der Waals surface area contributed by atoms with Crippen molar-refractivity contribution in [3.05, 3.63) is 145 Å². The van der Waals surface area contributed by atoms with Crippen LogP contribution in [0, 0.1) is 55.7 Å². The predicted octanol–water partition coefficient (Wildman–Crippen LogP) is 12.8. The van der Waals surface area contributed by atoms with Gasteiger partial charge in [0, 0.05) is 29.1 Å². The van der Waals surface area contributed by atoms with E-state index >= 15 is 26.3 Å². The molecule has 3 aliphatic carbocycles. The van der Waals surface area contributed by atoms with E-state index in [2.05, 4.69) is 4.98 Å². The molecule has 1 aromatic heterocycles. The third-order valence-corrected chi connectivity index (χ3v) is 9.64. The van der Waals surface area contributed by atoms with Crippen LogP contribution in [0.25, 0.3) is 17.5 Å². The second kappa shape index (κ2) is 15.4. The van der Waals surface area contributed by atoms with Crippen LogP contribution in [0.1, 0.15) is 68.4 Å². The van der Waals surface area contributed by atoms with Crippen molar-refractivity contribution in [1.29, 1.82) is 0 Å². The van der Waals surface area contributed by atoms with Gasteiger partial charge in [0.2, 0.25) is 17.5 Å². The Morgan fingerprint density at radius 1 is 0.450 bits per heavy atom. The first-order valence-corrected chi connectivity index (χ1v) is 16.6. The Labute approximate surface area is 324 Å². The molecule has 1 N–H and O–H groups in total. The molecule has 0 aliphatic heterocycles. The van der Waals surface area contributed by atoms with Crippen molar-refractivity contribution in [2.45, 2.75) is 56.9 Å². The highest BCUT2D eigenvalue weighted by Gasteiger charge is 2.61. The number of nitrogens with one attached hydrogen (secondary N) is 1. The summed E-state index contributed by atoms with van der Waals surface area (Å²) < 4.78 is 284. The molecule has 1 heterocycles. The molecule has 0 saturated heterocycles. The Morgan fingerprint density at radius 2 is 0.700 bits per heavy atom. The Hall–Kier alpha value is -5.16. The van der Waals surface area contributed by atoms with E-state index in [0.717, 1.165) is 0 Å². The fourth-order valence-corrected chi connectivity index (χ4v) is 6.71. The summed E-state index contributed by atoms with van der Waals surface area (Å²) in [7, 11) is -3.93. The minimum Gasteiger partial charge on any atom is -0.372 e. The fraction of sp³-hybridized carbons (Fsp3) is 0.243. The number of alkyl halides is 6. The van der Waals surface area contributed by atoms with Crippen LogP contribution in [-0.4, -0.2) is 30.1 Å². The maximum atomic E-state index is 15.5. The summed E-state index contributed by atoms with van der Waals surface area (Å²) >= 11 is 0. The standard InChI is InChI=1S/C33H15BF18O3.C4H5N/c1-7-16-10(4-13(35)19(7)38)28(31(47,48)25(44)22(16)41)53-34(54-29-11-5-14(36)20(39)8(2)17(11)23(42)26(45)32(29,49)50)55-30-12-6-15(37)21(40)9(3)18(12)24(43)27(46)33(30,51)52;1-2-4-5-3-1/h4-6,28-30H,1-3H3;1-5H. The Kier molecular flexibility index (Phi) is 11.4. The normalized spacial score (nSPS) is 21.3. The summed E-state index contributed by atoms with van der Waals surface area (Å²) in [5, 5.41) is 0. The van der Waals surface area contributed by atoms with Crippen LogP contribution in [0.2, 0.25) is 0 Å². The lowest BCUT2D eigenvalue weighted by molar-refractivity contribution is -0.157. The predicted molar refractivity (Wildman–Crippen MR) is 174 cm³/mol. The number of aromatic nitrogens is 1. The topological polar surface area (TPSA) is 43.5 Å². The highest BCUT2D eigenvalue weighted by molar-refractivity contribution is 6.36. The van der Waals surface area contributed by atoms with E-state index in [1.54, 1.807) is 0 Å². The number of halogens is 18. The zero-order valence-corrected chi connectivity index (χ0v) is 29.9. The van der Waals surface area contributed by atoms with Gasteiger partial charge in [-0.3, -0.25) is 0 Å². The smallest absolute Gasteiger partial charge is 0.372 e. The first-order valence-electron chi connectivity index (χ1n) is 16.6. The van der Waals surface area contributed by atoms with E-state index in [9.17, 15) is 52.7 Å². The number of rotatable bonds is 6. The van der Waals surface area contributed by atoms with E-state index < -0.39 is 163 Å². The van der Waals surface area contributed by atoms with E-state index in [1.165, 1.54) is 0 Å². The van der Waals surface area contributed by atoms with Crippen LogP contribution < -0.4 is 0 Å². The van der Waals surface area contributed by atoms with Crippen molar-refractivity contribution in [2.75, 3.05) is 0 Å². The van der Waals surface area contributed by atoms with Gasteiger partial charge < -0.3 is 18.9 Å². The summed E-state index contributed by atoms with van der Waals surface area (Å²) in [5.74, 6) is -45.8. The van der Waals surface area contributed by atoms with E-state index in [-0.39, 0.29) is 18.2 Å². The van der Waals surface area contributed by atoms with Crippen molar-refractivity contribution < 1.29 is 93.0 Å². The molecular weight excluding hydrogens is 859 g/mol. The van der Waals surface area contributed by atoms with E-state index in [1.807, 2.05) is 24.5 Å². The lowest BCUT2D eigenvalue weighted by Gasteiger charge is -2.39. The average molecular weight is 879 g/mol. The van der Waals surface area contributed by atoms with E-state index in [0.29, 0.717) is 20.8 Å². The number of hydrogen-bond acceptors (Lipinski definition) is 3. The van der Waals surface area contributed by atoms with Gasteiger partial charge in [0.1, 0.15) is 18.3 Å². The van der Waals surface area contributed by atoms with Gasteiger partial charge in [-0.1, -0.05) is 0 Å². The van der Waals surface area contributed by atoms with Gasteiger partial charge >= 0.3 is 25.1 Å². The second-order valence-electron chi connectivity index (χ2n) is 13.3. The minimum absolute atomic E-state index is 0.257. The second-order valence-corrected chi connectivity index (χ2v) is 13.3. The van der Waals surface area contributed by atoms with Crippen LogP contribution in [-0.2, 0) is 14.0 Å². The Balaban J connectivity index is 0.00000112. The van der Waals surface area contributed by atoms with Gasteiger partial charge in [-0.25, -0.2) is 52.7 Å². The summed E-state index contributed by atoms with van der Waals surface area (Å²) in [5.41, 5.74) is -13.2. The average Bonchev–Trinajstić information content (AvgIpc) is 3.78. The van der Waals surface area contributed by atoms with Gasteiger partial charge in [0.15, 0.2) is 52.4 Å². The quantitative estimate of drug-likeness (QED) is 0.155. The van der Waals surface area contributed by atoms with Crippen molar-refractivity contribution in [3.63, 3.8) is 0 Å². The van der Waals surface area contributed by atoms with Gasteiger partial charge in [-0.05, 0) is 84.5 Å². The SMILES string of the molecule is Cc1c(F)c(F)cc2c1C(F)=C(F)C(F)(F)C2OB(OC1c2cc(F)c(F)c(C)c2C(F)=C(F)C1(F)F)OC1c2cc(F)c(F)c(C)c2C(F)=C(F)C1(F)F.c1cc[nH]c1. The van der Waals surface area contributed by atoms with Crippen molar-refractivity contribution in [2.24, 2.45) is 0 Å². The van der Waals surface area contributed by atoms with Crippen molar-refractivity contribution in [3.8, 4) is 0 Å². The highest BCUT2D eigenvalue weighted by atomic mass is 19.3. The maximum Gasteiger partial charge on any atom is 0.641 e. The zero-order chi connectivity index (χ0) is 44.7. The molecule has 4 aromatic rings. The molecule has 0 bridgehead atoms. The van der Waals surface area contributed by atoms with Gasteiger partial charge in [0.25, 0.3) is 0 Å². The monoisotopic (exact) mass is 879 g/mol. The van der Waals surface area contributed by atoms with Crippen molar-refractivity contribution >= 4 is 24.8 Å². The molecule has 3 unspecified atom stereocenters. The van der Waals surface area contributed by atoms with Crippen molar-refractivity contribution in [1.82, 2.24) is 4.98 Å². The van der Waals surface area contributed by atoms with Crippen LogP contribution >= 0.6 is 0 Å². The Bertz CT molecular complexity index is 2230. The molecule has 320 valence electrons. The molecule has 0 saturated carbocycles. The van der Waals surface area contributed by atoms with Crippen LogP contribution in [0.4, 0.5) is 79.0 Å². The van der Waals surface area contributed by atoms with Crippen LogP contribution in [0.5, 0.6) is 0 Å². The van der Waals surface area contributed by atoms with Crippen LogP contribution in [0.3, 0.4) is 0 Å². The molecule has 23 heteroatoms. The number of H-pyrrole nitrogens is 1. The third kappa shape index (κ3) is 6.86. The molecule has 0 amide bonds. The van der Waals surface area contributed by atoms with Crippen LogP contribution in [0.15, 0.2) is 60.2 Å². The summed E-state index contributed by atoms with van der Waals surface area (Å²) in [6, 6.07) is 3.12. The van der Waals surface area contributed by atoms with E-state index in [4.69, 9.17) is 14.0 Å². The number of benzene rings is 3. The summed E-state index contributed by atoms with van der Waals surface area (Å²) in [6.07, 6.45) is -7.50.